The standard InChI is InChI=1S/C22H22O6/c1-15(13-19(23)17-9-5-3-6-10-17)21(25)27-28-22(26)16(2)14-20(24)18-11-7-4-8-12-18/h3-12,15-16H,13-14H2,1-2H3. The van der Waals surface area contributed by atoms with Crippen LogP contribution in [0.25, 0.3) is 0 Å². The molecule has 0 N–H and O–H groups in total. The Morgan fingerprint density at radius 1 is 0.643 bits per heavy atom. The van der Waals surface area contributed by atoms with Gasteiger partial charge in [0.25, 0.3) is 0 Å². The number of Topliss-reactive ketones (excluding diaryl/α,β-unsaturated/α-hetero) is 2. The summed E-state index contributed by atoms with van der Waals surface area (Å²) in [6.07, 6.45) is -0.134. The van der Waals surface area contributed by atoms with E-state index in [1.165, 1.54) is 13.8 Å². The zero-order valence-electron chi connectivity index (χ0n) is 15.8. The topological polar surface area (TPSA) is 86.7 Å². The van der Waals surface area contributed by atoms with Gasteiger partial charge in [-0.1, -0.05) is 74.5 Å². The van der Waals surface area contributed by atoms with Gasteiger partial charge < -0.3 is 0 Å². The fourth-order valence-electron chi connectivity index (χ4n) is 2.45. The summed E-state index contributed by atoms with van der Waals surface area (Å²) < 4.78 is 0. The molecule has 0 spiro atoms. The Kier molecular flexibility index (Phi) is 7.63. The summed E-state index contributed by atoms with van der Waals surface area (Å²) in [4.78, 5) is 57.3. The first kappa shape index (κ1) is 21.0. The molecule has 0 aromatic heterocycles. The molecule has 0 aliphatic heterocycles. The van der Waals surface area contributed by atoms with Crippen LogP contribution in [0.3, 0.4) is 0 Å². The average Bonchev–Trinajstić information content (AvgIpc) is 2.72. The zero-order chi connectivity index (χ0) is 20.5. The first-order chi connectivity index (χ1) is 13.4. The van der Waals surface area contributed by atoms with Gasteiger partial charge in [-0.3, -0.25) is 9.59 Å². The van der Waals surface area contributed by atoms with E-state index < -0.39 is 23.8 Å². The third kappa shape index (κ3) is 6.16. The minimum atomic E-state index is -0.820. The van der Waals surface area contributed by atoms with Crippen LogP contribution < -0.4 is 0 Å². The summed E-state index contributed by atoms with van der Waals surface area (Å²) in [5, 5.41) is 0. The van der Waals surface area contributed by atoms with Crippen LogP contribution in [-0.4, -0.2) is 23.5 Å². The third-order valence-corrected chi connectivity index (χ3v) is 4.19. The maximum absolute atomic E-state index is 12.1. The molecule has 0 saturated carbocycles. The molecule has 2 aromatic carbocycles. The van der Waals surface area contributed by atoms with Gasteiger partial charge in [-0.05, 0) is 0 Å². The minimum absolute atomic E-state index is 0.0670. The van der Waals surface area contributed by atoms with Crippen molar-refractivity contribution >= 4 is 23.5 Å². The monoisotopic (exact) mass is 382 g/mol. The molecule has 0 amide bonds. The average molecular weight is 382 g/mol. The number of benzene rings is 2. The van der Waals surface area contributed by atoms with Gasteiger partial charge in [-0.2, -0.15) is 0 Å². The SMILES string of the molecule is CC(CC(=O)c1ccccc1)C(=O)OOC(=O)C(C)CC(=O)c1ccccc1. The van der Waals surface area contributed by atoms with Crippen LogP contribution in [0.15, 0.2) is 60.7 Å². The number of hydrogen-bond acceptors (Lipinski definition) is 6. The minimum Gasteiger partial charge on any atom is -0.294 e. The second-order valence-electron chi connectivity index (χ2n) is 6.59. The third-order valence-electron chi connectivity index (χ3n) is 4.19. The number of carbonyl (C=O) groups excluding carboxylic acids is 4. The second kappa shape index (κ2) is 10.2. The maximum Gasteiger partial charge on any atom is 0.358 e. The number of rotatable bonds is 8. The molecule has 6 nitrogen and oxygen atoms in total. The molecule has 0 aliphatic carbocycles. The summed E-state index contributed by atoms with van der Waals surface area (Å²) >= 11 is 0. The lowest BCUT2D eigenvalue weighted by Crippen LogP contribution is -2.24. The highest BCUT2D eigenvalue weighted by atomic mass is 17.2. The van der Waals surface area contributed by atoms with Crippen molar-refractivity contribution in [3.8, 4) is 0 Å². The van der Waals surface area contributed by atoms with Crippen molar-refractivity contribution < 1.29 is 29.0 Å². The van der Waals surface area contributed by atoms with E-state index in [1.807, 2.05) is 0 Å². The van der Waals surface area contributed by atoms with Crippen molar-refractivity contribution in [3.05, 3.63) is 71.8 Å². The molecule has 0 aliphatic rings. The number of hydrogen-bond donors (Lipinski definition) is 0. The predicted octanol–water partition coefficient (Wildman–Crippen LogP) is 3.81. The Bertz CT molecular complexity index is 757. The van der Waals surface area contributed by atoms with Crippen LogP contribution in [-0.2, 0) is 19.4 Å². The molecule has 6 heteroatoms. The van der Waals surface area contributed by atoms with Crippen LogP contribution in [0, 0.1) is 11.8 Å². The van der Waals surface area contributed by atoms with Gasteiger partial charge in [0.15, 0.2) is 11.6 Å². The van der Waals surface area contributed by atoms with E-state index in [1.54, 1.807) is 60.7 Å². The van der Waals surface area contributed by atoms with Crippen molar-refractivity contribution in [3.63, 3.8) is 0 Å². The molecule has 0 radical (unpaired) electrons. The Hall–Kier alpha value is -3.28. The molecule has 28 heavy (non-hydrogen) atoms. The van der Waals surface area contributed by atoms with Gasteiger partial charge in [0.2, 0.25) is 0 Å². The Morgan fingerprint density at radius 2 is 0.964 bits per heavy atom. The highest BCUT2D eigenvalue weighted by Gasteiger charge is 2.25. The van der Waals surface area contributed by atoms with E-state index in [9.17, 15) is 19.2 Å². The van der Waals surface area contributed by atoms with E-state index in [4.69, 9.17) is 0 Å². The largest absolute Gasteiger partial charge is 0.358 e. The van der Waals surface area contributed by atoms with Crippen LogP contribution in [0.5, 0.6) is 0 Å². The number of carbonyl (C=O) groups is 4. The number of ketones is 2. The van der Waals surface area contributed by atoms with Gasteiger partial charge in [0.05, 0.1) is 11.8 Å². The highest BCUT2D eigenvalue weighted by Crippen LogP contribution is 2.14. The predicted molar refractivity (Wildman–Crippen MR) is 101 cm³/mol. The van der Waals surface area contributed by atoms with E-state index in [2.05, 4.69) is 9.78 Å². The van der Waals surface area contributed by atoms with Gasteiger partial charge in [0.1, 0.15) is 0 Å². The quantitative estimate of drug-likeness (QED) is 0.392. The second-order valence-corrected chi connectivity index (χ2v) is 6.59. The fourth-order valence-corrected chi connectivity index (χ4v) is 2.45. The van der Waals surface area contributed by atoms with Crippen molar-refractivity contribution in [2.24, 2.45) is 11.8 Å². The molecule has 0 saturated heterocycles. The Balaban J connectivity index is 1.78. The fraction of sp³-hybridized carbons (Fsp3) is 0.273. The van der Waals surface area contributed by atoms with Crippen LogP contribution in [0.4, 0.5) is 0 Å². The van der Waals surface area contributed by atoms with E-state index in [0.717, 1.165) is 0 Å². The van der Waals surface area contributed by atoms with Gasteiger partial charge in [-0.25, -0.2) is 19.4 Å². The van der Waals surface area contributed by atoms with Crippen molar-refractivity contribution in [2.75, 3.05) is 0 Å². The zero-order valence-corrected chi connectivity index (χ0v) is 15.8. The molecule has 0 fully saturated rings. The maximum atomic E-state index is 12.1. The summed E-state index contributed by atoms with van der Waals surface area (Å²) in [7, 11) is 0. The summed E-state index contributed by atoms with van der Waals surface area (Å²) in [5.74, 6) is -3.61. The molecular weight excluding hydrogens is 360 g/mol. The van der Waals surface area contributed by atoms with Gasteiger partial charge >= 0.3 is 11.9 Å². The van der Waals surface area contributed by atoms with Crippen LogP contribution in [0.2, 0.25) is 0 Å². The summed E-state index contributed by atoms with van der Waals surface area (Å²) in [6, 6.07) is 17.1. The highest BCUT2D eigenvalue weighted by molar-refractivity contribution is 5.98. The Labute approximate surface area is 163 Å². The molecule has 2 atom stereocenters. The first-order valence-electron chi connectivity index (χ1n) is 8.97. The summed E-state index contributed by atoms with van der Waals surface area (Å²) in [6.45, 7) is 3.03. The molecule has 146 valence electrons. The van der Waals surface area contributed by atoms with E-state index in [-0.39, 0.29) is 24.4 Å². The van der Waals surface area contributed by atoms with Crippen LogP contribution >= 0.6 is 0 Å². The van der Waals surface area contributed by atoms with Gasteiger partial charge in [0, 0.05) is 24.0 Å². The van der Waals surface area contributed by atoms with E-state index >= 15 is 0 Å². The van der Waals surface area contributed by atoms with Crippen molar-refractivity contribution in [1.29, 1.82) is 0 Å². The summed E-state index contributed by atoms with van der Waals surface area (Å²) in [5.41, 5.74) is 0.986. The molecule has 2 unspecified atom stereocenters. The van der Waals surface area contributed by atoms with E-state index in [0.29, 0.717) is 11.1 Å². The lowest BCUT2D eigenvalue weighted by molar-refractivity contribution is -0.264. The first-order valence-corrected chi connectivity index (χ1v) is 8.97. The van der Waals surface area contributed by atoms with Crippen molar-refractivity contribution in [2.45, 2.75) is 26.7 Å². The molecule has 0 bridgehead atoms. The lowest BCUT2D eigenvalue weighted by atomic mass is 10.00. The van der Waals surface area contributed by atoms with Crippen molar-refractivity contribution in [1.82, 2.24) is 0 Å². The van der Waals surface area contributed by atoms with Crippen LogP contribution in [0.1, 0.15) is 47.4 Å². The van der Waals surface area contributed by atoms with Gasteiger partial charge in [-0.15, -0.1) is 0 Å². The molecule has 2 rings (SSSR count). The normalized spacial score (nSPS) is 12.5. The molecular formula is C22H22O6. The molecule has 0 heterocycles. The Morgan fingerprint density at radius 3 is 1.29 bits per heavy atom. The smallest absolute Gasteiger partial charge is 0.294 e. The lowest BCUT2D eigenvalue weighted by Gasteiger charge is -2.12. The molecule has 2 aromatic rings.